The number of nitrogens with one attached hydrogen (secondary N) is 1. The van der Waals surface area contributed by atoms with Crippen molar-refractivity contribution in [3.8, 4) is 0 Å². The molecule has 1 N–H and O–H groups in total. The maximum Gasteiger partial charge on any atom is 0.220 e. The zero-order valence-electron chi connectivity index (χ0n) is 16.8. The monoisotopic (exact) mass is 371 g/mol. The third kappa shape index (κ3) is 10.2. The SMILES string of the molecule is CCC(C)C(=O)CCOCCNC(=O)CCCOC1CCC(OC)CC1. The Morgan fingerprint density at radius 1 is 1.04 bits per heavy atom. The molecule has 0 radical (unpaired) electrons. The third-order valence-corrected chi connectivity index (χ3v) is 5.08. The molecule has 6 nitrogen and oxygen atoms in total. The molecule has 1 rings (SSSR count). The van der Waals surface area contributed by atoms with Gasteiger partial charge in [0.15, 0.2) is 0 Å². The lowest BCUT2D eigenvalue weighted by Crippen LogP contribution is -2.28. The molecular weight excluding hydrogens is 334 g/mol. The van der Waals surface area contributed by atoms with Crippen LogP contribution in [0.2, 0.25) is 0 Å². The minimum atomic E-state index is 0.0240. The van der Waals surface area contributed by atoms with Crippen molar-refractivity contribution in [2.75, 3.05) is 33.5 Å². The Labute approximate surface area is 158 Å². The number of carbonyl (C=O) groups is 2. The molecule has 152 valence electrons. The molecule has 0 aromatic heterocycles. The maximum absolute atomic E-state index is 11.8. The van der Waals surface area contributed by atoms with Crippen LogP contribution < -0.4 is 5.32 Å². The van der Waals surface area contributed by atoms with Gasteiger partial charge in [0.25, 0.3) is 0 Å². The number of methoxy groups -OCH3 is 1. The van der Waals surface area contributed by atoms with Crippen molar-refractivity contribution >= 4 is 11.7 Å². The molecule has 0 saturated heterocycles. The first-order chi connectivity index (χ1) is 12.6. The van der Waals surface area contributed by atoms with E-state index in [1.165, 1.54) is 0 Å². The summed E-state index contributed by atoms with van der Waals surface area (Å²) in [5.41, 5.74) is 0. The first-order valence-electron chi connectivity index (χ1n) is 10.1. The van der Waals surface area contributed by atoms with E-state index < -0.39 is 0 Å². The van der Waals surface area contributed by atoms with Crippen molar-refractivity contribution in [1.29, 1.82) is 0 Å². The Morgan fingerprint density at radius 2 is 1.73 bits per heavy atom. The molecule has 1 saturated carbocycles. The normalized spacial score (nSPS) is 21.3. The molecule has 0 spiro atoms. The highest BCUT2D eigenvalue weighted by atomic mass is 16.5. The summed E-state index contributed by atoms with van der Waals surface area (Å²) in [5, 5.41) is 2.84. The summed E-state index contributed by atoms with van der Waals surface area (Å²) in [5.74, 6) is 0.374. The summed E-state index contributed by atoms with van der Waals surface area (Å²) in [4.78, 5) is 23.4. The predicted octanol–water partition coefficient (Wildman–Crippen LogP) is 2.88. The van der Waals surface area contributed by atoms with E-state index >= 15 is 0 Å². The molecule has 6 heteroatoms. The number of rotatable bonds is 14. The van der Waals surface area contributed by atoms with Crippen molar-refractivity contribution in [3.63, 3.8) is 0 Å². The van der Waals surface area contributed by atoms with E-state index in [0.717, 1.165) is 38.5 Å². The van der Waals surface area contributed by atoms with Gasteiger partial charge in [0.2, 0.25) is 5.91 Å². The van der Waals surface area contributed by atoms with Crippen molar-refractivity contribution in [1.82, 2.24) is 5.32 Å². The Hall–Kier alpha value is -0.980. The predicted molar refractivity (Wildman–Crippen MR) is 101 cm³/mol. The van der Waals surface area contributed by atoms with Gasteiger partial charge in [-0.25, -0.2) is 0 Å². The molecule has 0 aliphatic heterocycles. The fourth-order valence-electron chi connectivity index (χ4n) is 3.02. The second-order valence-electron chi connectivity index (χ2n) is 7.10. The molecule has 1 aliphatic carbocycles. The van der Waals surface area contributed by atoms with E-state index in [1.807, 2.05) is 13.8 Å². The number of hydrogen-bond acceptors (Lipinski definition) is 5. The largest absolute Gasteiger partial charge is 0.381 e. The molecule has 0 aromatic carbocycles. The number of Topliss-reactive ketones (excluding diaryl/α,β-unsaturated/α-hetero) is 1. The molecule has 1 aliphatic rings. The van der Waals surface area contributed by atoms with E-state index in [4.69, 9.17) is 14.2 Å². The Kier molecular flexibility index (Phi) is 12.5. The minimum absolute atomic E-state index is 0.0240. The van der Waals surface area contributed by atoms with Crippen LogP contribution in [0.1, 0.15) is 65.2 Å². The molecule has 26 heavy (non-hydrogen) atoms. The van der Waals surface area contributed by atoms with Crippen molar-refractivity contribution < 1.29 is 23.8 Å². The molecule has 1 atom stereocenters. The number of carbonyl (C=O) groups excluding carboxylic acids is 2. The fraction of sp³-hybridized carbons (Fsp3) is 0.900. The van der Waals surface area contributed by atoms with Gasteiger partial charge in [-0.2, -0.15) is 0 Å². The number of ether oxygens (including phenoxy) is 3. The van der Waals surface area contributed by atoms with Crippen LogP contribution in [0.5, 0.6) is 0 Å². The Bertz CT molecular complexity index is 394. The topological polar surface area (TPSA) is 73.9 Å². The Morgan fingerprint density at radius 3 is 2.38 bits per heavy atom. The zero-order valence-corrected chi connectivity index (χ0v) is 16.8. The van der Waals surface area contributed by atoms with Crippen molar-refractivity contribution in [2.45, 2.75) is 77.4 Å². The highest BCUT2D eigenvalue weighted by molar-refractivity contribution is 5.80. The summed E-state index contributed by atoms with van der Waals surface area (Å²) in [6.45, 7) is 5.94. The zero-order chi connectivity index (χ0) is 19.2. The average Bonchev–Trinajstić information content (AvgIpc) is 2.67. The van der Waals surface area contributed by atoms with Crippen molar-refractivity contribution in [2.24, 2.45) is 5.92 Å². The van der Waals surface area contributed by atoms with Gasteiger partial charge in [-0.15, -0.1) is 0 Å². The van der Waals surface area contributed by atoms with Crippen LogP contribution in [0.4, 0.5) is 0 Å². The molecule has 0 aromatic rings. The molecule has 1 amide bonds. The van der Waals surface area contributed by atoms with Gasteiger partial charge in [-0.1, -0.05) is 13.8 Å². The van der Waals surface area contributed by atoms with Gasteiger partial charge in [0, 0.05) is 39.0 Å². The first kappa shape index (κ1) is 23.1. The quantitative estimate of drug-likeness (QED) is 0.475. The summed E-state index contributed by atoms with van der Waals surface area (Å²) >= 11 is 0. The van der Waals surface area contributed by atoms with Crippen LogP contribution in [-0.4, -0.2) is 57.4 Å². The van der Waals surface area contributed by atoms with E-state index in [1.54, 1.807) is 7.11 Å². The van der Waals surface area contributed by atoms with Crippen LogP contribution in [0.3, 0.4) is 0 Å². The summed E-state index contributed by atoms with van der Waals surface area (Å²) in [7, 11) is 1.77. The van der Waals surface area contributed by atoms with Crippen LogP contribution in [0.15, 0.2) is 0 Å². The third-order valence-electron chi connectivity index (χ3n) is 5.08. The van der Waals surface area contributed by atoms with E-state index in [0.29, 0.717) is 51.4 Å². The number of hydrogen-bond donors (Lipinski definition) is 1. The first-order valence-corrected chi connectivity index (χ1v) is 10.1. The smallest absolute Gasteiger partial charge is 0.220 e. The highest BCUT2D eigenvalue weighted by Crippen LogP contribution is 2.23. The molecule has 1 fully saturated rings. The van der Waals surface area contributed by atoms with Crippen LogP contribution in [-0.2, 0) is 23.8 Å². The van der Waals surface area contributed by atoms with Crippen LogP contribution in [0, 0.1) is 5.92 Å². The van der Waals surface area contributed by atoms with Gasteiger partial charge in [-0.05, 0) is 38.5 Å². The second kappa shape index (κ2) is 14.1. The van der Waals surface area contributed by atoms with Gasteiger partial charge >= 0.3 is 0 Å². The molecule has 0 heterocycles. The van der Waals surface area contributed by atoms with Gasteiger partial charge in [0.05, 0.1) is 25.4 Å². The lowest BCUT2D eigenvalue weighted by atomic mass is 9.95. The van der Waals surface area contributed by atoms with Gasteiger partial charge in [0.1, 0.15) is 5.78 Å². The number of ketones is 1. The lowest BCUT2D eigenvalue weighted by Gasteiger charge is -2.27. The molecular formula is C20H37NO5. The molecule has 0 bridgehead atoms. The Balaban J connectivity index is 1.90. The average molecular weight is 372 g/mol. The second-order valence-corrected chi connectivity index (χ2v) is 7.10. The number of amides is 1. The maximum atomic E-state index is 11.8. The summed E-state index contributed by atoms with van der Waals surface area (Å²) in [6, 6.07) is 0. The van der Waals surface area contributed by atoms with Gasteiger partial charge < -0.3 is 19.5 Å². The minimum Gasteiger partial charge on any atom is -0.381 e. The standard InChI is InChI=1S/C20H37NO5/c1-4-16(2)19(22)11-14-25-15-12-21-20(23)6-5-13-26-18-9-7-17(24-3)8-10-18/h16-18H,4-15H2,1-3H3,(H,21,23). The van der Waals surface area contributed by atoms with Crippen LogP contribution >= 0.6 is 0 Å². The van der Waals surface area contributed by atoms with Crippen LogP contribution in [0.25, 0.3) is 0 Å². The van der Waals surface area contributed by atoms with E-state index in [-0.39, 0.29) is 17.6 Å². The van der Waals surface area contributed by atoms with E-state index in [9.17, 15) is 9.59 Å². The molecule has 1 unspecified atom stereocenters. The van der Waals surface area contributed by atoms with Gasteiger partial charge in [-0.3, -0.25) is 9.59 Å². The summed E-state index contributed by atoms with van der Waals surface area (Å²) in [6.07, 6.45) is 7.44. The highest BCUT2D eigenvalue weighted by Gasteiger charge is 2.21. The summed E-state index contributed by atoms with van der Waals surface area (Å²) < 4.78 is 16.6. The van der Waals surface area contributed by atoms with Crippen molar-refractivity contribution in [3.05, 3.63) is 0 Å². The lowest BCUT2D eigenvalue weighted by molar-refractivity contribution is -0.124. The van der Waals surface area contributed by atoms with E-state index in [2.05, 4.69) is 5.32 Å². The fourth-order valence-corrected chi connectivity index (χ4v) is 3.02.